The molecule has 1 heterocycles. The smallest absolute Gasteiger partial charge is 0.167 e. The van der Waals surface area contributed by atoms with Crippen molar-refractivity contribution >= 4 is 22.2 Å². The van der Waals surface area contributed by atoms with Crippen LogP contribution in [0.5, 0.6) is 0 Å². The van der Waals surface area contributed by atoms with Crippen LogP contribution in [0.3, 0.4) is 0 Å². The Labute approximate surface area is 132 Å². The van der Waals surface area contributed by atoms with Crippen molar-refractivity contribution in [3.05, 3.63) is 76.5 Å². The third kappa shape index (κ3) is 2.57. The maximum absolute atomic E-state index is 11.6. The molecule has 0 atom stereocenters. The monoisotopic (exact) mass is 339 g/mol. The third-order valence-electron chi connectivity index (χ3n) is 3.48. The summed E-state index contributed by atoms with van der Waals surface area (Å²) in [5.74, 6) is 0. The highest BCUT2D eigenvalue weighted by Crippen LogP contribution is 2.29. The lowest BCUT2D eigenvalue weighted by Gasteiger charge is -2.10. The van der Waals surface area contributed by atoms with Gasteiger partial charge in [0, 0.05) is 16.2 Å². The van der Waals surface area contributed by atoms with E-state index in [4.69, 9.17) is 0 Å². The minimum absolute atomic E-state index is 0.658. The molecule has 3 aromatic rings. The van der Waals surface area contributed by atoms with Crippen LogP contribution in [0.15, 0.2) is 65.3 Å². The summed E-state index contributed by atoms with van der Waals surface area (Å²) in [7, 11) is 0. The van der Waals surface area contributed by atoms with Gasteiger partial charge in [-0.05, 0) is 52.2 Å². The van der Waals surface area contributed by atoms with Gasteiger partial charge in [0.2, 0.25) is 0 Å². The lowest BCUT2D eigenvalue weighted by molar-refractivity contribution is 0.111. The fourth-order valence-corrected chi connectivity index (χ4v) is 3.13. The first-order valence-corrected chi connectivity index (χ1v) is 7.48. The molecular weight excluding hydrogens is 326 g/mol. The fourth-order valence-electron chi connectivity index (χ4n) is 2.44. The van der Waals surface area contributed by atoms with E-state index in [0.717, 1.165) is 27.6 Å². The first-order valence-electron chi connectivity index (χ1n) is 6.69. The molecule has 0 aliphatic rings. The van der Waals surface area contributed by atoms with Crippen LogP contribution in [0.1, 0.15) is 16.1 Å². The number of carbonyl (C=O) groups is 1. The second-order valence-electron chi connectivity index (χ2n) is 4.92. The molecule has 0 saturated carbocycles. The zero-order valence-electron chi connectivity index (χ0n) is 11.6. The first-order chi connectivity index (χ1) is 10.2. The van der Waals surface area contributed by atoms with Crippen LogP contribution in [0.25, 0.3) is 16.8 Å². The van der Waals surface area contributed by atoms with Gasteiger partial charge in [0.25, 0.3) is 0 Å². The zero-order chi connectivity index (χ0) is 14.8. The first kappa shape index (κ1) is 13.8. The molecule has 0 bridgehead atoms. The number of carbonyl (C=O) groups excluding carboxylic acids is 1. The number of halogens is 1. The van der Waals surface area contributed by atoms with Gasteiger partial charge in [0.15, 0.2) is 6.29 Å². The maximum Gasteiger partial charge on any atom is 0.167 e. The number of benzene rings is 2. The summed E-state index contributed by atoms with van der Waals surface area (Å²) in [4.78, 5) is 11.6. The van der Waals surface area contributed by atoms with Crippen LogP contribution in [0.4, 0.5) is 0 Å². The van der Waals surface area contributed by atoms with Gasteiger partial charge >= 0.3 is 0 Å². The number of hydrogen-bond donors (Lipinski definition) is 0. The molecule has 21 heavy (non-hydrogen) atoms. The SMILES string of the molecule is Cc1ccc(-n2ccc(-c3ccccc3)c2C=O)c(Br)c1. The molecule has 0 saturated heterocycles. The summed E-state index contributed by atoms with van der Waals surface area (Å²) in [6.07, 6.45) is 2.84. The van der Waals surface area contributed by atoms with Crippen LogP contribution >= 0.6 is 15.9 Å². The molecule has 2 nitrogen and oxygen atoms in total. The molecule has 0 amide bonds. The Morgan fingerprint density at radius 2 is 1.81 bits per heavy atom. The van der Waals surface area contributed by atoms with E-state index in [0.29, 0.717) is 5.69 Å². The van der Waals surface area contributed by atoms with Gasteiger partial charge in [-0.2, -0.15) is 0 Å². The largest absolute Gasteiger partial charge is 0.313 e. The number of nitrogens with zero attached hydrogens (tertiary/aromatic N) is 1. The minimum atomic E-state index is 0.658. The van der Waals surface area contributed by atoms with Crippen molar-refractivity contribution < 1.29 is 4.79 Å². The van der Waals surface area contributed by atoms with E-state index in [1.807, 2.05) is 72.3 Å². The number of aryl methyl sites for hydroxylation is 1. The summed E-state index contributed by atoms with van der Waals surface area (Å²) < 4.78 is 2.89. The van der Waals surface area contributed by atoms with Gasteiger partial charge in [0.1, 0.15) is 0 Å². The Kier molecular flexibility index (Phi) is 3.76. The summed E-state index contributed by atoms with van der Waals surface area (Å²) in [5, 5.41) is 0. The van der Waals surface area contributed by atoms with E-state index in [1.54, 1.807) is 0 Å². The highest BCUT2D eigenvalue weighted by Gasteiger charge is 2.13. The molecule has 3 heteroatoms. The molecule has 0 spiro atoms. The lowest BCUT2D eigenvalue weighted by Crippen LogP contribution is -2.00. The molecule has 1 aromatic heterocycles. The van der Waals surface area contributed by atoms with E-state index in [2.05, 4.69) is 15.9 Å². The molecule has 0 aliphatic heterocycles. The van der Waals surface area contributed by atoms with E-state index in [9.17, 15) is 4.79 Å². The Morgan fingerprint density at radius 3 is 2.48 bits per heavy atom. The van der Waals surface area contributed by atoms with E-state index < -0.39 is 0 Å². The van der Waals surface area contributed by atoms with Crippen molar-refractivity contribution in [1.29, 1.82) is 0 Å². The van der Waals surface area contributed by atoms with Gasteiger partial charge in [-0.3, -0.25) is 4.79 Å². The predicted molar refractivity (Wildman–Crippen MR) is 89.0 cm³/mol. The maximum atomic E-state index is 11.6. The third-order valence-corrected chi connectivity index (χ3v) is 4.12. The van der Waals surface area contributed by atoms with E-state index in [-0.39, 0.29) is 0 Å². The van der Waals surface area contributed by atoms with Crippen molar-refractivity contribution in [2.45, 2.75) is 6.92 Å². The molecule has 104 valence electrons. The van der Waals surface area contributed by atoms with E-state index >= 15 is 0 Å². The van der Waals surface area contributed by atoms with Crippen molar-refractivity contribution in [3.63, 3.8) is 0 Å². The highest BCUT2D eigenvalue weighted by molar-refractivity contribution is 9.10. The molecular formula is C18H14BrNO. The normalized spacial score (nSPS) is 10.6. The van der Waals surface area contributed by atoms with Gasteiger partial charge < -0.3 is 4.57 Å². The highest BCUT2D eigenvalue weighted by atomic mass is 79.9. The Bertz CT molecular complexity index is 790. The summed E-state index contributed by atoms with van der Waals surface area (Å²) in [5.41, 5.74) is 4.78. The van der Waals surface area contributed by atoms with Crippen molar-refractivity contribution in [2.75, 3.05) is 0 Å². The summed E-state index contributed by atoms with van der Waals surface area (Å²) in [6.45, 7) is 2.04. The fraction of sp³-hybridized carbons (Fsp3) is 0.0556. The molecule has 0 fully saturated rings. The van der Waals surface area contributed by atoms with Gasteiger partial charge in [-0.1, -0.05) is 36.4 Å². The van der Waals surface area contributed by atoms with Crippen LogP contribution in [0.2, 0.25) is 0 Å². The Morgan fingerprint density at radius 1 is 1.05 bits per heavy atom. The Balaban J connectivity index is 2.17. The van der Waals surface area contributed by atoms with Crippen molar-refractivity contribution in [3.8, 4) is 16.8 Å². The number of rotatable bonds is 3. The Hall–Kier alpha value is -2.13. The van der Waals surface area contributed by atoms with E-state index in [1.165, 1.54) is 5.56 Å². The lowest BCUT2D eigenvalue weighted by atomic mass is 10.1. The van der Waals surface area contributed by atoms with Crippen LogP contribution in [-0.2, 0) is 0 Å². The number of hydrogen-bond acceptors (Lipinski definition) is 1. The minimum Gasteiger partial charge on any atom is -0.313 e. The molecule has 0 N–H and O–H groups in total. The summed E-state index contributed by atoms with van der Waals surface area (Å²) in [6, 6.07) is 18.0. The standard InChI is InChI=1S/C18H14BrNO/c1-13-7-8-17(16(19)11-13)20-10-9-15(18(20)12-21)14-5-3-2-4-6-14/h2-12H,1H3. The summed E-state index contributed by atoms with van der Waals surface area (Å²) >= 11 is 3.58. The molecule has 0 aliphatic carbocycles. The zero-order valence-corrected chi connectivity index (χ0v) is 13.2. The topological polar surface area (TPSA) is 22.0 Å². The average Bonchev–Trinajstić information content (AvgIpc) is 2.91. The molecule has 2 aromatic carbocycles. The number of aromatic nitrogens is 1. The molecule has 0 radical (unpaired) electrons. The quantitative estimate of drug-likeness (QED) is 0.613. The number of aldehydes is 1. The van der Waals surface area contributed by atoms with Crippen molar-refractivity contribution in [2.24, 2.45) is 0 Å². The van der Waals surface area contributed by atoms with Crippen molar-refractivity contribution in [1.82, 2.24) is 4.57 Å². The van der Waals surface area contributed by atoms with Crippen LogP contribution in [0, 0.1) is 6.92 Å². The average molecular weight is 340 g/mol. The second kappa shape index (κ2) is 5.70. The molecule has 0 unspecified atom stereocenters. The van der Waals surface area contributed by atoms with Crippen LogP contribution in [-0.4, -0.2) is 10.9 Å². The molecule has 3 rings (SSSR count). The van der Waals surface area contributed by atoms with Crippen LogP contribution < -0.4 is 0 Å². The van der Waals surface area contributed by atoms with Gasteiger partial charge in [0.05, 0.1) is 11.4 Å². The van der Waals surface area contributed by atoms with Gasteiger partial charge in [-0.25, -0.2) is 0 Å². The van der Waals surface area contributed by atoms with Gasteiger partial charge in [-0.15, -0.1) is 0 Å². The predicted octanol–water partition coefficient (Wildman–Crippen LogP) is 5.03. The second-order valence-corrected chi connectivity index (χ2v) is 5.78.